The molecule has 2 aromatic rings. The lowest BCUT2D eigenvalue weighted by Gasteiger charge is -2.22. The number of hydrogen-bond donors (Lipinski definition) is 2. The van der Waals surface area contributed by atoms with Crippen molar-refractivity contribution in [2.75, 3.05) is 25.0 Å². The van der Waals surface area contributed by atoms with Gasteiger partial charge >= 0.3 is 0 Å². The van der Waals surface area contributed by atoms with Crippen LogP contribution in [0.4, 0.5) is 5.69 Å². The number of nitrogens with one attached hydrogen (secondary N) is 2. The molecule has 0 spiro atoms. The number of furan rings is 1. The lowest BCUT2D eigenvalue weighted by atomic mass is 10.00. The van der Waals surface area contributed by atoms with Crippen LogP contribution in [-0.2, 0) is 0 Å². The minimum Gasteiger partial charge on any atom is -0.460 e. The topological polar surface area (TPSA) is 70.4 Å². The van der Waals surface area contributed by atoms with Gasteiger partial charge in [0.2, 0.25) is 0 Å². The third-order valence-corrected chi connectivity index (χ3v) is 5.28. The van der Waals surface area contributed by atoms with Crippen molar-refractivity contribution in [3.8, 4) is 0 Å². The highest BCUT2D eigenvalue weighted by molar-refractivity contribution is 5.99. The SMILES string of the molecule is O=C(NC1CN2CC[C@H]1C2)c1cc2c(NC3CC3)coc2cn1. The molecule has 0 radical (unpaired) electrons. The zero-order valence-corrected chi connectivity index (χ0v) is 12.9. The zero-order chi connectivity index (χ0) is 15.4. The summed E-state index contributed by atoms with van der Waals surface area (Å²) in [6.07, 6.45) is 6.95. The molecule has 6 nitrogen and oxygen atoms in total. The highest BCUT2D eigenvalue weighted by Crippen LogP contribution is 2.32. The van der Waals surface area contributed by atoms with Crippen molar-refractivity contribution in [1.29, 1.82) is 0 Å². The van der Waals surface area contributed by atoms with Gasteiger partial charge in [0.25, 0.3) is 5.91 Å². The Hall–Kier alpha value is -2.08. The van der Waals surface area contributed by atoms with Gasteiger partial charge in [0.15, 0.2) is 5.58 Å². The van der Waals surface area contributed by atoms with Crippen molar-refractivity contribution in [3.05, 3.63) is 24.2 Å². The van der Waals surface area contributed by atoms with Crippen LogP contribution in [0.1, 0.15) is 29.8 Å². The monoisotopic (exact) mass is 312 g/mol. The number of amides is 1. The number of piperidine rings is 1. The number of aromatic nitrogens is 1. The van der Waals surface area contributed by atoms with E-state index >= 15 is 0 Å². The minimum atomic E-state index is -0.0794. The molecular weight excluding hydrogens is 292 g/mol. The van der Waals surface area contributed by atoms with Crippen LogP contribution in [0.5, 0.6) is 0 Å². The summed E-state index contributed by atoms with van der Waals surface area (Å²) in [4.78, 5) is 19.2. The number of rotatable bonds is 4. The summed E-state index contributed by atoms with van der Waals surface area (Å²) in [7, 11) is 0. The molecular formula is C17H20N4O2. The van der Waals surface area contributed by atoms with E-state index in [9.17, 15) is 4.79 Å². The van der Waals surface area contributed by atoms with Crippen molar-refractivity contribution >= 4 is 22.6 Å². The molecule has 5 rings (SSSR count). The summed E-state index contributed by atoms with van der Waals surface area (Å²) in [5, 5.41) is 7.54. The normalized spacial score (nSPS) is 29.1. The molecule has 3 fully saturated rings. The summed E-state index contributed by atoms with van der Waals surface area (Å²) >= 11 is 0. The van der Waals surface area contributed by atoms with E-state index in [0.29, 0.717) is 17.7 Å². The smallest absolute Gasteiger partial charge is 0.270 e. The van der Waals surface area contributed by atoms with Gasteiger partial charge in [0, 0.05) is 30.6 Å². The Morgan fingerprint density at radius 2 is 2.22 bits per heavy atom. The molecule has 2 bridgehead atoms. The van der Waals surface area contributed by atoms with E-state index in [0.717, 1.165) is 29.7 Å². The van der Waals surface area contributed by atoms with E-state index < -0.39 is 0 Å². The second-order valence-electron chi connectivity index (χ2n) is 7.02. The number of carbonyl (C=O) groups excluding carboxylic acids is 1. The van der Waals surface area contributed by atoms with Gasteiger partial charge in [-0.05, 0) is 37.8 Å². The first-order valence-corrected chi connectivity index (χ1v) is 8.43. The van der Waals surface area contributed by atoms with Gasteiger partial charge in [0.1, 0.15) is 12.0 Å². The molecule has 3 atom stereocenters. The molecule has 1 amide bonds. The van der Waals surface area contributed by atoms with Crippen LogP contribution in [-0.4, -0.2) is 47.5 Å². The maximum atomic E-state index is 12.5. The lowest BCUT2D eigenvalue weighted by molar-refractivity contribution is 0.0919. The van der Waals surface area contributed by atoms with E-state index in [1.54, 1.807) is 12.5 Å². The molecule has 23 heavy (non-hydrogen) atoms. The molecule has 4 heterocycles. The van der Waals surface area contributed by atoms with E-state index in [1.807, 2.05) is 6.07 Å². The van der Waals surface area contributed by atoms with Gasteiger partial charge < -0.3 is 20.0 Å². The molecule has 2 aliphatic heterocycles. The van der Waals surface area contributed by atoms with Crippen molar-refractivity contribution in [1.82, 2.24) is 15.2 Å². The second kappa shape index (κ2) is 4.96. The quantitative estimate of drug-likeness (QED) is 0.901. The van der Waals surface area contributed by atoms with Crippen molar-refractivity contribution in [2.45, 2.75) is 31.3 Å². The third-order valence-electron chi connectivity index (χ3n) is 5.28. The van der Waals surface area contributed by atoms with Gasteiger partial charge in [-0.2, -0.15) is 0 Å². The van der Waals surface area contributed by atoms with Crippen LogP contribution in [0, 0.1) is 5.92 Å². The van der Waals surface area contributed by atoms with Crippen LogP contribution in [0.25, 0.3) is 11.0 Å². The Labute approximate surface area is 134 Å². The number of nitrogens with zero attached hydrogens (tertiary/aromatic N) is 2. The molecule has 2 unspecified atom stereocenters. The van der Waals surface area contributed by atoms with E-state index in [4.69, 9.17) is 4.42 Å². The lowest BCUT2D eigenvalue weighted by Crippen LogP contribution is -2.43. The van der Waals surface area contributed by atoms with Gasteiger partial charge in [-0.15, -0.1) is 0 Å². The van der Waals surface area contributed by atoms with Crippen molar-refractivity contribution in [2.24, 2.45) is 5.92 Å². The average Bonchev–Trinajstić information content (AvgIpc) is 2.96. The maximum Gasteiger partial charge on any atom is 0.270 e. The van der Waals surface area contributed by atoms with Crippen LogP contribution in [0.3, 0.4) is 0 Å². The summed E-state index contributed by atoms with van der Waals surface area (Å²) in [6.45, 7) is 3.26. The number of hydrogen-bond acceptors (Lipinski definition) is 5. The highest BCUT2D eigenvalue weighted by Gasteiger charge is 2.38. The number of anilines is 1. The van der Waals surface area contributed by atoms with Gasteiger partial charge in [0.05, 0.1) is 11.9 Å². The van der Waals surface area contributed by atoms with Gasteiger partial charge in [-0.3, -0.25) is 4.79 Å². The molecule has 2 saturated heterocycles. The molecule has 1 aliphatic carbocycles. The Balaban J connectivity index is 1.37. The first-order chi connectivity index (χ1) is 11.3. The summed E-state index contributed by atoms with van der Waals surface area (Å²) in [6, 6.07) is 2.65. The van der Waals surface area contributed by atoms with E-state index in [2.05, 4.69) is 20.5 Å². The minimum absolute atomic E-state index is 0.0794. The summed E-state index contributed by atoms with van der Waals surface area (Å²) in [5.74, 6) is 0.521. The van der Waals surface area contributed by atoms with Gasteiger partial charge in [-0.25, -0.2) is 4.98 Å². The molecule has 2 aromatic heterocycles. The summed E-state index contributed by atoms with van der Waals surface area (Å²) < 4.78 is 5.52. The fraction of sp³-hybridized carbons (Fsp3) is 0.529. The van der Waals surface area contributed by atoms with Crippen LogP contribution in [0.15, 0.2) is 22.9 Å². The van der Waals surface area contributed by atoms with Crippen molar-refractivity contribution < 1.29 is 9.21 Å². The molecule has 120 valence electrons. The Bertz CT molecular complexity index is 767. The second-order valence-corrected chi connectivity index (χ2v) is 7.02. The largest absolute Gasteiger partial charge is 0.460 e. The first-order valence-electron chi connectivity index (χ1n) is 8.43. The highest BCUT2D eigenvalue weighted by atomic mass is 16.3. The Kier molecular flexibility index (Phi) is 2.88. The molecule has 1 saturated carbocycles. The molecule has 3 aliphatic rings. The van der Waals surface area contributed by atoms with E-state index in [-0.39, 0.29) is 11.9 Å². The first kappa shape index (κ1) is 13.4. The van der Waals surface area contributed by atoms with Crippen LogP contribution < -0.4 is 10.6 Å². The molecule has 0 aromatic carbocycles. The van der Waals surface area contributed by atoms with Gasteiger partial charge in [-0.1, -0.05) is 0 Å². The molecule has 2 N–H and O–H groups in total. The average molecular weight is 312 g/mol. The fourth-order valence-electron chi connectivity index (χ4n) is 3.81. The number of fused-ring (bicyclic) bond motifs is 3. The zero-order valence-electron chi connectivity index (χ0n) is 12.9. The van der Waals surface area contributed by atoms with E-state index in [1.165, 1.54) is 25.8 Å². The third kappa shape index (κ3) is 2.37. The Morgan fingerprint density at radius 1 is 1.30 bits per heavy atom. The Morgan fingerprint density at radius 3 is 2.96 bits per heavy atom. The fourth-order valence-corrected chi connectivity index (χ4v) is 3.81. The number of carbonyl (C=O) groups is 1. The van der Waals surface area contributed by atoms with Crippen LogP contribution in [0.2, 0.25) is 0 Å². The summed E-state index contributed by atoms with van der Waals surface area (Å²) in [5.41, 5.74) is 2.15. The predicted molar refractivity (Wildman–Crippen MR) is 86.5 cm³/mol. The number of pyridine rings is 1. The standard InChI is InChI=1S/C17H20N4O2/c22-17(20-14-8-21-4-3-10(14)7-21)13-5-12-15(19-11-1-2-11)9-23-16(12)6-18-13/h5-6,9-11,14,19H,1-4,7-8H2,(H,20,22)/t10-,14?/m0/s1. The van der Waals surface area contributed by atoms with Crippen LogP contribution >= 0.6 is 0 Å². The predicted octanol–water partition coefficient (Wildman–Crippen LogP) is 1.84. The maximum absolute atomic E-state index is 12.5. The molecule has 6 heteroatoms. The van der Waals surface area contributed by atoms with Crippen molar-refractivity contribution in [3.63, 3.8) is 0 Å².